The van der Waals surface area contributed by atoms with Crippen molar-refractivity contribution in [3.63, 3.8) is 0 Å². The highest BCUT2D eigenvalue weighted by Crippen LogP contribution is 2.40. The smallest absolute Gasteiger partial charge is 0.0281 e. The van der Waals surface area contributed by atoms with Crippen molar-refractivity contribution in [2.24, 2.45) is 5.41 Å². The average molecular weight is 269 g/mol. The van der Waals surface area contributed by atoms with Crippen LogP contribution < -0.4 is 5.32 Å². The van der Waals surface area contributed by atoms with Crippen LogP contribution >= 0.6 is 11.8 Å². The minimum Gasteiger partial charge on any atom is -0.312 e. The molecule has 0 bridgehead atoms. The van der Waals surface area contributed by atoms with Crippen LogP contribution in [-0.4, -0.2) is 23.6 Å². The molecule has 2 saturated carbocycles. The van der Waals surface area contributed by atoms with Gasteiger partial charge >= 0.3 is 0 Å². The molecule has 0 aromatic rings. The number of thioether (sulfide) groups is 1. The van der Waals surface area contributed by atoms with Gasteiger partial charge < -0.3 is 5.32 Å². The van der Waals surface area contributed by atoms with E-state index in [-0.39, 0.29) is 0 Å². The molecule has 2 fully saturated rings. The van der Waals surface area contributed by atoms with Gasteiger partial charge in [0.25, 0.3) is 0 Å². The number of hydrogen-bond donors (Lipinski definition) is 1. The molecule has 1 nitrogen and oxygen atoms in total. The van der Waals surface area contributed by atoms with E-state index < -0.39 is 0 Å². The Morgan fingerprint density at radius 2 is 1.67 bits per heavy atom. The van der Waals surface area contributed by atoms with E-state index in [2.05, 4.69) is 37.2 Å². The van der Waals surface area contributed by atoms with E-state index in [9.17, 15) is 0 Å². The van der Waals surface area contributed by atoms with Gasteiger partial charge in [0.1, 0.15) is 0 Å². The molecule has 0 saturated heterocycles. The van der Waals surface area contributed by atoms with Crippen LogP contribution in [0.25, 0.3) is 0 Å². The summed E-state index contributed by atoms with van der Waals surface area (Å²) < 4.78 is 0.547. The van der Waals surface area contributed by atoms with Gasteiger partial charge in [-0.1, -0.05) is 46.0 Å². The van der Waals surface area contributed by atoms with Crippen molar-refractivity contribution in [3.8, 4) is 0 Å². The lowest BCUT2D eigenvalue weighted by Crippen LogP contribution is -2.50. The fourth-order valence-corrected chi connectivity index (χ4v) is 4.76. The van der Waals surface area contributed by atoms with Gasteiger partial charge in [0.15, 0.2) is 0 Å². The maximum Gasteiger partial charge on any atom is 0.0281 e. The zero-order valence-electron chi connectivity index (χ0n) is 12.6. The molecule has 0 radical (unpaired) electrons. The third-order valence-electron chi connectivity index (χ3n) is 5.38. The Morgan fingerprint density at radius 1 is 1.00 bits per heavy atom. The first-order valence-electron chi connectivity index (χ1n) is 7.87. The summed E-state index contributed by atoms with van der Waals surface area (Å²) in [5.74, 6) is 0. The Kier molecular flexibility index (Phi) is 5.05. The lowest BCUT2D eigenvalue weighted by atomic mass is 9.73. The maximum atomic E-state index is 3.95. The van der Waals surface area contributed by atoms with E-state index in [4.69, 9.17) is 0 Å². The molecule has 0 spiro atoms. The second kappa shape index (κ2) is 6.17. The summed E-state index contributed by atoms with van der Waals surface area (Å²) in [4.78, 5) is 0. The molecule has 1 N–H and O–H groups in total. The Hall–Kier alpha value is 0.310. The molecule has 2 aliphatic carbocycles. The zero-order chi connectivity index (χ0) is 13.1. The van der Waals surface area contributed by atoms with Crippen molar-refractivity contribution in [2.75, 3.05) is 12.8 Å². The molecule has 0 aromatic carbocycles. The van der Waals surface area contributed by atoms with Crippen molar-refractivity contribution in [1.29, 1.82) is 0 Å². The summed E-state index contributed by atoms with van der Waals surface area (Å²) >= 11 is 2.12. The standard InChI is InChI=1S/C16H31NS/c1-15(2)10-8-5-9-14(15)17-13-16(18-3)11-6-4-7-12-16/h14,17H,4-13H2,1-3H3. The lowest BCUT2D eigenvalue weighted by Gasteiger charge is -2.43. The summed E-state index contributed by atoms with van der Waals surface area (Å²) in [6, 6.07) is 0.747. The summed E-state index contributed by atoms with van der Waals surface area (Å²) in [5, 5.41) is 3.95. The highest BCUT2D eigenvalue weighted by Gasteiger charge is 2.36. The van der Waals surface area contributed by atoms with Crippen LogP contribution in [0, 0.1) is 5.41 Å². The van der Waals surface area contributed by atoms with Crippen LogP contribution in [0.5, 0.6) is 0 Å². The fourth-order valence-electron chi connectivity index (χ4n) is 3.83. The Labute approximate surface area is 118 Å². The Morgan fingerprint density at radius 3 is 2.28 bits per heavy atom. The first kappa shape index (κ1) is 14.7. The highest BCUT2D eigenvalue weighted by molar-refractivity contribution is 8.00. The van der Waals surface area contributed by atoms with Crippen molar-refractivity contribution < 1.29 is 0 Å². The van der Waals surface area contributed by atoms with Gasteiger partial charge in [-0.25, -0.2) is 0 Å². The molecule has 18 heavy (non-hydrogen) atoms. The normalized spacial score (nSPS) is 31.2. The van der Waals surface area contributed by atoms with E-state index in [0.717, 1.165) is 6.04 Å². The molecule has 2 rings (SSSR count). The van der Waals surface area contributed by atoms with Gasteiger partial charge in [-0.3, -0.25) is 0 Å². The molecule has 1 unspecified atom stereocenters. The minimum absolute atomic E-state index is 0.506. The van der Waals surface area contributed by atoms with Gasteiger partial charge in [-0.05, 0) is 37.4 Å². The highest BCUT2D eigenvalue weighted by atomic mass is 32.2. The van der Waals surface area contributed by atoms with Gasteiger partial charge in [0, 0.05) is 17.3 Å². The summed E-state index contributed by atoms with van der Waals surface area (Å²) in [7, 11) is 0. The van der Waals surface area contributed by atoms with Gasteiger partial charge in [0.2, 0.25) is 0 Å². The second-order valence-corrected chi connectivity index (χ2v) is 8.39. The van der Waals surface area contributed by atoms with Crippen LogP contribution in [0.3, 0.4) is 0 Å². The number of rotatable bonds is 4. The van der Waals surface area contributed by atoms with Crippen LogP contribution in [-0.2, 0) is 0 Å². The second-order valence-electron chi connectivity index (χ2n) is 7.12. The maximum absolute atomic E-state index is 3.95. The summed E-state index contributed by atoms with van der Waals surface area (Å²) in [6.45, 7) is 6.15. The Bertz CT molecular complexity index is 256. The van der Waals surface area contributed by atoms with Crippen molar-refractivity contribution in [3.05, 3.63) is 0 Å². The first-order valence-corrected chi connectivity index (χ1v) is 9.09. The molecule has 0 amide bonds. The van der Waals surface area contributed by atoms with Crippen molar-refractivity contribution >= 4 is 11.8 Å². The molecule has 0 heterocycles. The Balaban J connectivity index is 1.88. The fraction of sp³-hybridized carbons (Fsp3) is 1.00. The first-order chi connectivity index (χ1) is 8.58. The van der Waals surface area contributed by atoms with Crippen LogP contribution in [0.1, 0.15) is 71.6 Å². The third kappa shape index (κ3) is 3.45. The van der Waals surface area contributed by atoms with Gasteiger partial charge in [-0.15, -0.1) is 0 Å². The molecule has 2 aliphatic rings. The molecule has 1 atom stereocenters. The zero-order valence-corrected chi connectivity index (χ0v) is 13.4. The third-order valence-corrected chi connectivity index (χ3v) is 6.79. The van der Waals surface area contributed by atoms with Gasteiger partial charge in [-0.2, -0.15) is 11.8 Å². The van der Waals surface area contributed by atoms with Crippen molar-refractivity contribution in [1.82, 2.24) is 5.32 Å². The molecular formula is C16H31NS. The van der Waals surface area contributed by atoms with E-state index in [0.29, 0.717) is 10.2 Å². The lowest BCUT2D eigenvalue weighted by molar-refractivity contribution is 0.162. The largest absolute Gasteiger partial charge is 0.312 e. The number of nitrogens with one attached hydrogen (secondary N) is 1. The van der Waals surface area contributed by atoms with Crippen LogP contribution in [0.15, 0.2) is 0 Å². The van der Waals surface area contributed by atoms with Crippen LogP contribution in [0.4, 0.5) is 0 Å². The predicted molar refractivity (Wildman–Crippen MR) is 83.4 cm³/mol. The predicted octanol–water partition coefficient (Wildman–Crippen LogP) is 4.61. The SMILES string of the molecule is CSC1(CNC2CCCCC2(C)C)CCCCC1. The molecule has 0 aliphatic heterocycles. The molecule has 106 valence electrons. The quantitative estimate of drug-likeness (QED) is 0.800. The van der Waals surface area contributed by atoms with E-state index in [1.54, 1.807) is 0 Å². The molecular weight excluding hydrogens is 238 g/mol. The summed E-state index contributed by atoms with van der Waals surface area (Å²) in [5.41, 5.74) is 0.506. The van der Waals surface area contributed by atoms with E-state index >= 15 is 0 Å². The minimum atomic E-state index is 0.506. The van der Waals surface area contributed by atoms with Crippen molar-refractivity contribution in [2.45, 2.75) is 82.4 Å². The number of hydrogen-bond acceptors (Lipinski definition) is 2. The van der Waals surface area contributed by atoms with Crippen LogP contribution in [0.2, 0.25) is 0 Å². The van der Waals surface area contributed by atoms with E-state index in [1.807, 2.05) is 0 Å². The molecule has 2 heteroatoms. The average Bonchev–Trinajstić information content (AvgIpc) is 2.38. The molecule has 0 aromatic heterocycles. The van der Waals surface area contributed by atoms with Gasteiger partial charge in [0.05, 0.1) is 0 Å². The topological polar surface area (TPSA) is 12.0 Å². The monoisotopic (exact) mass is 269 g/mol. The van der Waals surface area contributed by atoms with E-state index in [1.165, 1.54) is 64.3 Å². The summed E-state index contributed by atoms with van der Waals surface area (Å²) in [6.07, 6.45) is 15.1.